The van der Waals surface area contributed by atoms with Gasteiger partial charge in [-0.2, -0.15) is 5.10 Å². The molecule has 0 aliphatic heterocycles. The summed E-state index contributed by atoms with van der Waals surface area (Å²) >= 11 is 0. The minimum absolute atomic E-state index is 0.174. The van der Waals surface area contributed by atoms with Crippen molar-refractivity contribution in [3.05, 3.63) is 18.0 Å². The zero-order chi connectivity index (χ0) is 10.8. The first-order chi connectivity index (χ1) is 6.47. The normalized spacial score (nSPS) is 14.4. The molecule has 1 heterocycles. The highest BCUT2D eigenvalue weighted by Crippen LogP contribution is 2.17. The first-order valence-electron chi connectivity index (χ1n) is 3.71. The number of nitrogens with one attached hydrogen (secondary N) is 2. The van der Waals surface area contributed by atoms with Crippen LogP contribution in [-0.4, -0.2) is 32.5 Å². The minimum Gasteiger partial charge on any atom is -0.479 e. The number of aliphatic carboxylic acids is 1. The van der Waals surface area contributed by atoms with Crippen LogP contribution in [0.2, 0.25) is 0 Å². The second-order valence-corrected chi connectivity index (χ2v) is 2.83. The van der Waals surface area contributed by atoms with Crippen molar-refractivity contribution in [2.24, 2.45) is 0 Å². The molecular weight excluding hydrogens is 190 g/mol. The number of hydrogen-bond donors (Lipinski definition) is 4. The van der Waals surface area contributed by atoms with Gasteiger partial charge in [0.2, 0.25) is 0 Å². The van der Waals surface area contributed by atoms with Gasteiger partial charge < -0.3 is 15.5 Å². The van der Waals surface area contributed by atoms with Gasteiger partial charge in [-0.1, -0.05) is 0 Å². The van der Waals surface area contributed by atoms with Gasteiger partial charge in [-0.25, -0.2) is 9.59 Å². The van der Waals surface area contributed by atoms with Crippen LogP contribution in [0.1, 0.15) is 12.6 Å². The summed E-state index contributed by atoms with van der Waals surface area (Å²) in [5.41, 5.74) is -1.53. The molecule has 0 radical (unpaired) electrons. The van der Waals surface area contributed by atoms with Crippen molar-refractivity contribution in [2.45, 2.75) is 12.5 Å². The first kappa shape index (κ1) is 10.0. The third-order valence-corrected chi connectivity index (χ3v) is 1.82. The third kappa shape index (κ3) is 1.65. The smallest absolute Gasteiger partial charge is 0.405 e. The van der Waals surface area contributed by atoms with E-state index in [4.69, 9.17) is 10.2 Å². The van der Waals surface area contributed by atoms with Crippen LogP contribution in [0.3, 0.4) is 0 Å². The maximum atomic E-state index is 10.9. The molecule has 0 aliphatic carbocycles. The van der Waals surface area contributed by atoms with Crippen LogP contribution >= 0.6 is 0 Å². The molecule has 0 bridgehead atoms. The monoisotopic (exact) mass is 199 g/mol. The Hall–Kier alpha value is -2.05. The fourth-order valence-electron chi connectivity index (χ4n) is 0.984. The van der Waals surface area contributed by atoms with Crippen LogP contribution in [0.4, 0.5) is 4.79 Å². The molecule has 1 aromatic heterocycles. The summed E-state index contributed by atoms with van der Waals surface area (Å²) in [7, 11) is 0. The summed E-state index contributed by atoms with van der Waals surface area (Å²) in [5, 5.41) is 25.2. The summed E-state index contributed by atoms with van der Waals surface area (Å²) in [4.78, 5) is 21.3. The minimum atomic E-state index is -1.71. The van der Waals surface area contributed by atoms with Crippen LogP contribution in [0.15, 0.2) is 12.3 Å². The summed E-state index contributed by atoms with van der Waals surface area (Å²) in [6, 6.07) is 1.39. The topological polar surface area (TPSA) is 115 Å². The maximum Gasteiger partial charge on any atom is 0.405 e. The van der Waals surface area contributed by atoms with E-state index < -0.39 is 17.6 Å². The van der Waals surface area contributed by atoms with Crippen molar-refractivity contribution in [3.63, 3.8) is 0 Å². The fraction of sp³-hybridized carbons (Fsp3) is 0.286. The predicted molar refractivity (Wildman–Crippen MR) is 44.7 cm³/mol. The molecule has 4 N–H and O–H groups in total. The van der Waals surface area contributed by atoms with Gasteiger partial charge in [0.25, 0.3) is 0 Å². The second-order valence-electron chi connectivity index (χ2n) is 2.83. The number of aromatic amines is 1. The van der Waals surface area contributed by atoms with Crippen LogP contribution in [0.5, 0.6) is 0 Å². The van der Waals surface area contributed by atoms with E-state index >= 15 is 0 Å². The van der Waals surface area contributed by atoms with Gasteiger partial charge in [-0.05, 0) is 13.0 Å². The molecule has 0 spiro atoms. The molecule has 0 saturated heterocycles. The van der Waals surface area contributed by atoms with Crippen molar-refractivity contribution >= 4 is 12.1 Å². The van der Waals surface area contributed by atoms with Gasteiger partial charge in [-0.3, -0.25) is 5.10 Å². The molecule has 14 heavy (non-hydrogen) atoms. The SMILES string of the molecule is CC(NC(=O)O)(C(=O)O)c1ccn[nH]1. The molecule has 76 valence electrons. The van der Waals surface area contributed by atoms with Crippen LogP contribution < -0.4 is 5.32 Å². The van der Waals surface area contributed by atoms with Gasteiger partial charge in [0.15, 0.2) is 5.54 Å². The highest BCUT2D eigenvalue weighted by molar-refractivity contribution is 5.84. The average molecular weight is 199 g/mol. The maximum absolute atomic E-state index is 10.9. The van der Waals surface area contributed by atoms with Gasteiger partial charge in [-0.15, -0.1) is 0 Å². The lowest BCUT2D eigenvalue weighted by molar-refractivity contribution is -0.144. The van der Waals surface area contributed by atoms with Crippen molar-refractivity contribution < 1.29 is 19.8 Å². The molecule has 1 unspecified atom stereocenters. The Morgan fingerprint density at radius 2 is 2.21 bits per heavy atom. The van der Waals surface area contributed by atoms with Crippen LogP contribution in [0.25, 0.3) is 0 Å². The quantitative estimate of drug-likeness (QED) is 0.545. The molecule has 1 rings (SSSR count). The van der Waals surface area contributed by atoms with Crippen molar-refractivity contribution in [3.8, 4) is 0 Å². The molecule has 0 saturated carbocycles. The number of carboxylic acid groups (broad SMARTS) is 2. The summed E-state index contributed by atoms with van der Waals surface area (Å²) < 4.78 is 0. The Morgan fingerprint density at radius 3 is 2.57 bits per heavy atom. The second kappa shape index (κ2) is 3.36. The Morgan fingerprint density at radius 1 is 1.57 bits per heavy atom. The van der Waals surface area contributed by atoms with Crippen molar-refractivity contribution in [1.82, 2.24) is 15.5 Å². The number of carboxylic acids is 1. The van der Waals surface area contributed by atoms with Crippen LogP contribution in [-0.2, 0) is 10.3 Å². The van der Waals surface area contributed by atoms with Gasteiger partial charge in [0.1, 0.15) is 0 Å². The zero-order valence-corrected chi connectivity index (χ0v) is 7.31. The number of amides is 1. The molecule has 1 amide bonds. The van der Waals surface area contributed by atoms with E-state index in [1.165, 1.54) is 19.2 Å². The fourth-order valence-corrected chi connectivity index (χ4v) is 0.984. The van der Waals surface area contributed by atoms with E-state index in [2.05, 4.69) is 10.2 Å². The number of H-pyrrole nitrogens is 1. The van der Waals surface area contributed by atoms with E-state index in [1.807, 2.05) is 5.32 Å². The third-order valence-electron chi connectivity index (χ3n) is 1.82. The van der Waals surface area contributed by atoms with E-state index in [0.29, 0.717) is 0 Å². The Kier molecular flexibility index (Phi) is 2.41. The summed E-state index contributed by atoms with van der Waals surface area (Å²) in [6.07, 6.45) is -0.0652. The standard InChI is InChI=1S/C7H9N3O4/c1-7(5(11)12,9-6(13)14)4-2-3-8-10-4/h2-3,9H,1H3,(H,8,10)(H,11,12)(H,13,14). The Bertz CT molecular complexity index is 348. The first-order valence-corrected chi connectivity index (χ1v) is 3.71. The number of hydrogen-bond acceptors (Lipinski definition) is 3. The number of carbonyl (C=O) groups is 2. The van der Waals surface area contributed by atoms with Gasteiger partial charge in [0.05, 0.1) is 5.69 Å². The molecule has 1 aromatic rings. The Labute approximate surface area is 78.7 Å². The van der Waals surface area contributed by atoms with Crippen LogP contribution in [0, 0.1) is 0 Å². The van der Waals surface area contributed by atoms with E-state index in [-0.39, 0.29) is 5.69 Å². The summed E-state index contributed by atoms with van der Waals surface area (Å²) in [5.74, 6) is -1.30. The lowest BCUT2D eigenvalue weighted by Crippen LogP contribution is -2.49. The van der Waals surface area contributed by atoms with E-state index in [9.17, 15) is 9.59 Å². The van der Waals surface area contributed by atoms with Crippen molar-refractivity contribution in [1.29, 1.82) is 0 Å². The Balaban J connectivity index is 3.05. The highest BCUT2D eigenvalue weighted by Gasteiger charge is 2.38. The van der Waals surface area contributed by atoms with E-state index in [1.54, 1.807) is 0 Å². The highest BCUT2D eigenvalue weighted by atomic mass is 16.4. The van der Waals surface area contributed by atoms with Gasteiger partial charge in [0, 0.05) is 6.20 Å². The number of aromatic nitrogens is 2. The largest absolute Gasteiger partial charge is 0.479 e. The molecule has 0 aliphatic rings. The average Bonchev–Trinajstić information content (AvgIpc) is 2.53. The number of nitrogens with zero attached hydrogens (tertiary/aromatic N) is 1. The molecule has 1 atom stereocenters. The molecule has 0 fully saturated rings. The molecule has 0 aromatic carbocycles. The zero-order valence-electron chi connectivity index (χ0n) is 7.31. The molecular formula is C7H9N3O4. The molecule has 7 heteroatoms. The summed E-state index contributed by atoms with van der Waals surface area (Å²) in [6.45, 7) is 1.23. The lowest BCUT2D eigenvalue weighted by Gasteiger charge is -2.22. The van der Waals surface area contributed by atoms with Crippen molar-refractivity contribution in [2.75, 3.05) is 0 Å². The lowest BCUT2D eigenvalue weighted by atomic mass is 9.99. The molecule has 7 nitrogen and oxygen atoms in total. The number of rotatable bonds is 3. The van der Waals surface area contributed by atoms with E-state index in [0.717, 1.165) is 0 Å². The predicted octanol–water partition coefficient (Wildman–Crippen LogP) is -0.0229. The van der Waals surface area contributed by atoms with Gasteiger partial charge >= 0.3 is 12.1 Å².